The van der Waals surface area contributed by atoms with Gasteiger partial charge in [-0.05, 0) is 31.8 Å². The molecule has 0 bridgehead atoms. The van der Waals surface area contributed by atoms with Crippen LogP contribution < -0.4 is 5.64 Å². The molecule has 3 N–H and O–H groups in total. The van der Waals surface area contributed by atoms with E-state index >= 15 is 0 Å². The van der Waals surface area contributed by atoms with Crippen molar-refractivity contribution in [3.63, 3.8) is 0 Å². The van der Waals surface area contributed by atoms with Crippen LogP contribution in [0.1, 0.15) is 12.8 Å². The summed E-state index contributed by atoms with van der Waals surface area (Å²) in [5.74, 6) is 1.27. The predicted molar refractivity (Wildman–Crippen MR) is 59.5 cm³/mol. The smallest absolute Gasteiger partial charge is 0.346 e. The molecule has 5 heteroatoms. The number of halogens is 1. The molecule has 0 amide bonds. The highest BCUT2D eigenvalue weighted by Crippen LogP contribution is 2.35. The summed E-state index contributed by atoms with van der Waals surface area (Å²) in [6.45, 7) is 2.13. The number of hydrogen-bond acceptors (Lipinski definition) is 3. The van der Waals surface area contributed by atoms with Gasteiger partial charge in [-0.3, -0.25) is 0 Å². The van der Waals surface area contributed by atoms with E-state index < -0.39 is 0 Å². The van der Waals surface area contributed by atoms with E-state index in [0.29, 0.717) is 5.92 Å². The van der Waals surface area contributed by atoms with Crippen molar-refractivity contribution in [2.45, 2.75) is 12.8 Å². The molecule has 1 saturated heterocycles. The summed E-state index contributed by atoms with van der Waals surface area (Å²) in [4.78, 5) is 2.42. The first-order valence-corrected chi connectivity index (χ1v) is 5.64. The van der Waals surface area contributed by atoms with Crippen molar-refractivity contribution < 1.29 is 0 Å². The molecule has 12 heavy (non-hydrogen) atoms. The van der Waals surface area contributed by atoms with Gasteiger partial charge in [0.1, 0.15) is 0 Å². The zero-order valence-electron chi connectivity index (χ0n) is 6.96. The predicted octanol–water partition coefficient (Wildman–Crippen LogP) is 0.727. The maximum Gasteiger partial charge on any atom is 0.379 e. The van der Waals surface area contributed by atoms with E-state index in [1.54, 1.807) is 0 Å². The van der Waals surface area contributed by atoms with E-state index in [-0.39, 0.29) is 4.84 Å². The Bertz CT molecular complexity index is 209. The van der Waals surface area contributed by atoms with Gasteiger partial charge in [-0.2, -0.15) is 0 Å². The highest BCUT2D eigenvalue weighted by molar-refractivity contribution is 14.1. The molecule has 1 heterocycles. The number of nitrogens with zero attached hydrogens (tertiary/aromatic N) is 1. The molecular weight excluding hydrogens is 264 g/mol. The standard InChI is InChI=1S/C7H13BIN3/c9-8(11)12-3-5-1-2-7(10)6(5)4-12/h5-6,10H,1-4,11H2. The maximum atomic E-state index is 7.74. The fourth-order valence-electron chi connectivity index (χ4n) is 2.32. The second-order valence-electron chi connectivity index (χ2n) is 3.76. The van der Waals surface area contributed by atoms with Crippen LogP contribution in [-0.2, 0) is 0 Å². The quantitative estimate of drug-likeness (QED) is 0.548. The van der Waals surface area contributed by atoms with Crippen molar-refractivity contribution >= 4 is 32.9 Å². The van der Waals surface area contributed by atoms with Crippen LogP contribution in [-0.4, -0.2) is 28.5 Å². The lowest BCUT2D eigenvalue weighted by atomic mass is 10.00. The van der Waals surface area contributed by atoms with Crippen molar-refractivity contribution in [2.24, 2.45) is 17.5 Å². The Kier molecular flexibility index (Phi) is 2.44. The van der Waals surface area contributed by atoms with Crippen molar-refractivity contribution in [1.82, 2.24) is 4.81 Å². The lowest BCUT2D eigenvalue weighted by molar-refractivity contribution is 0.489. The molecule has 0 spiro atoms. The van der Waals surface area contributed by atoms with Gasteiger partial charge >= 0.3 is 4.84 Å². The molecule has 2 unspecified atom stereocenters. The molecule has 2 fully saturated rings. The van der Waals surface area contributed by atoms with Crippen molar-refractivity contribution in [2.75, 3.05) is 13.1 Å². The average Bonchev–Trinajstić information content (AvgIpc) is 2.53. The zero-order valence-corrected chi connectivity index (χ0v) is 9.12. The number of hydrogen-bond donors (Lipinski definition) is 2. The molecule has 2 rings (SSSR count). The Labute approximate surface area is 86.6 Å². The Balaban J connectivity index is 2.03. The van der Waals surface area contributed by atoms with E-state index in [0.717, 1.165) is 31.1 Å². The van der Waals surface area contributed by atoms with Crippen LogP contribution in [0, 0.1) is 17.2 Å². The first-order chi connectivity index (χ1) is 5.68. The summed E-state index contributed by atoms with van der Waals surface area (Å²) in [6.07, 6.45) is 2.24. The van der Waals surface area contributed by atoms with Crippen molar-refractivity contribution in [3.05, 3.63) is 0 Å². The molecule has 0 aromatic rings. The summed E-state index contributed by atoms with van der Waals surface area (Å²) in [7, 11) is 0. The topological polar surface area (TPSA) is 53.1 Å². The van der Waals surface area contributed by atoms with Gasteiger partial charge in [-0.25, -0.2) is 0 Å². The fourth-order valence-corrected chi connectivity index (χ4v) is 2.77. The van der Waals surface area contributed by atoms with Gasteiger partial charge < -0.3 is 15.9 Å². The number of nitrogens with one attached hydrogen (secondary N) is 1. The monoisotopic (exact) mass is 277 g/mol. The van der Waals surface area contributed by atoms with Gasteiger partial charge in [0, 0.05) is 11.6 Å². The molecule has 0 aromatic carbocycles. The lowest BCUT2D eigenvalue weighted by Gasteiger charge is -2.16. The number of rotatable bonds is 1. The molecule has 1 aliphatic heterocycles. The number of fused-ring (bicyclic) bond motifs is 1. The Morgan fingerprint density at radius 2 is 2.33 bits per heavy atom. The fraction of sp³-hybridized carbons (Fsp3) is 0.857. The molecule has 1 saturated carbocycles. The van der Waals surface area contributed by atoms with E-state index in [9.17, 15) is 0 Å². The second kappa shape index (κ2) is 3.27. The molecule has 2 aliphatic rings. The van der Waals surface area contributed by atoms with Gasteiger partial charge in [0.2, 0.25) is 0 Å². The third kappa shape index (κ3) is 1.42. The third-order valence-corrected chi connectivity index (χ3v) is 3.84. The molecule has 3 nitrogen and oxygen atoms in total. The first-order valence-electron chi connectivity index (χ1n) is 4.39. The van der Waals surface area contributed by atoms with Crippen LogP contribution in [0.3, 0.4) is 0 Å². The van der Waals surface area contributed by atoms with Gasteiger partial charge in [0.05, 0.1) is 0 Å². The average molecular weight is 277 g/mol. The van der Waals surface area contributed by atoms with Crippen LogP contribution in [0.25, 0.3) is 0 Å². The number of nitrogens with two attached hydrogens (primary N) is 1. The van der Waals surface area contributed by atoms with Gasteiger partial charge in [0.15, 0.2) is 0 Å². The maximum absolute atomic E-state index is 7.74. The summed E-state index contributed by atoms with van der Waals surface area (Å²) in [6, 6.07) is 0. The molecule has 0 radical (unpaired) electrons. The summed E-state index contributed by atoms with van der Waals surface area (Å²) >= 11 is 2.25. The summed E-state index contributed by atoms with van der Waals surface area (Å²) in [5, 5.41) is 7.74. The highest BCUT2D eigenvalue weighted by Gasteiger charge is 2.41. The third-order valence-electron chi connectivity index (χ3n) is 3.05. The Morgan fingerprint density at radius 1 is 1.58 bits per heavy atom. The van der Waals surface area contributed by atoms with Gasteiger partial charge in [-0.1, -0.05) is 0 Å². The van der Waals surface area contributed by atoms with Crippen LogP contribution in [0.4, 0.5) is 0 Å². The van der Waals surface area contributed by atoms with Crippen molar-refractivity contribution in [1.29, 1.82) is 5.41 Å². The highest BCUT2D eigenvalue weighted by atomic mass is 127. The largest absolute Gasteiger partial charge is 0.379 e. The van der Waals surface area contributed by atoms with E-state index in [4.69, 9.17) is 11.1 Å². The minimum absolute atomic E-state index is 0.140. The van der Waals surface area contributed by atoms with E-state index in [1.807, 2.05) is 0 Å². The van der Waals surface area contributed by atoms with Crippen LogP contribution >= 0.6 is 22.4 Å². The van der Waals surface area contributed by atoms with E-state index in [2.05, 4.69) is 27.2 Å². The molecular formula is C7H13BIN3. The van der Waals surface area contributed by atoms with Gasteiger partial charge in [0.25, 0.3) is 0 Å². The molecule has 2 atom stereocenters. The molecule has 1 aliphatic carbocycles. The van der Waals surface area contributed by atoms with Crippen LogP contribution in [0.5, 0.6) is 0 Å². The minimum atomic E-state index is 0.140. The minimum Gasteiger partial charge on any atom is -0.346 e. The lowest BCUT2D eigenvalue weighted by Crippen LogP contribution is -2.41. The normalized spacial score (nSPS) is 35.7. The SMILES string of the molecule is N=C1CCC2CN(B(N)I)CC12. The Hall–Kier alpha value is 0.385. The van der Waals surface area contributed by atoms with Crippen LogP contribution in [0.2, 0.25) is 0 Å². The van der Waals surface area contributed by atoms with E-state index in [1.165, 1.54) is 6.42 Å². The zero-order chi connectivity index (χ0) is 8.72. The molecule has 66 valence electrons. The van der Waals surface area contributed by atoms with Gasteiger partial charge in [-0.15, -0.1) is 22.4 Å². The first kappa shape index (κ1) is 8.96. The van der Waals surface area contributed by atoms with Crippen molar-refractivity contribution in [3.8, 4) is 0 Å². The summed E-state index contributed by atoms with van der Waals surface area (Å²) < 4.78 is 0. The molecule has 0 aromatic heterocycles. The summed E-state index contributed by atoms with van der Waals surface area (Å²) in [5.41, 5.74) is 6.75. The Morgan fingerprint density at radius 3 is 2.92 bits per heavy atom. The second-order valence-corrected chi connectivity index (χ2v) is 5.03. The van der Waals surface area contributed by atoms with Crippen LogP contribution in [0.15, 0.2) is 0 Å².